The molecule has 0 spiro atoms. The van der Waals surface area contributed by atoms with E-state index in [4.69, 9.17) is 20.9 Å². The molecule has 2 rings (SSSR count). The fraction of sp³-hybridized carbons (Fsp3) is 0.583. The lowest BCUT2D eigenvalue weighted by Crippen LogP contribution is -2.41. The van der Waals surface area contributed by atoms with Crippen molar-refractivity contribution in [3.8, 4) is 0 Å². The number of halogens is 1. The molecule has 1 aromatic rings. The van der Waals surface area contributed by atoms with Crippen LogP contribution in [0.15, 0.2) is 12.3 Å². The van der Waals surface area contributed by atoms with Crippen LogP contribution in [0.25, 0.3) is 0 Å². The minimum atomic E-state index is -3.44. The maximum Gasteiger partial charge on any atom is 0.496 e. The number of rotatable bonds is 3. The van der Waals surface area contributed by atoms with Gasteiger partial charge in [0.15, 0.2) is 5.15 Å². The van der Waals surface area contributed by atoms with Crippen LogP contribution in [-0.4, -0.2) is 38.0 Å². The molecule has 1 N–H and O–H groups in total. The zero-order chi connectivity index (χ0) is 16.1. The second-order valence-electron chi connectivity index (χ2n) is 6.07. The summed E-state index contributed by atoms with van der Waals surface area (Å²) < 4.78 is 36.8. The summed E-state index contributed by atoms with van der Waals surface area (Å²) in [5.41, 5.74) is -0.167. The van der Waals surface area contributed by atoms with Gasteiger partial charge in [0.25, 0.3) is 0 Å². The number of pyridine rings is 1. The average Bonchev–Trinajstić information content (AvgIpc) is 2.49. The monoisotopic (exact) mass is 332 g/mol. The third kappa shape index (κ3) is 3.50. The van der Waals surface area contributed by atoms with Gasteiger partial charge in [0.2, 0.25) is 10.0 Å². The van der Waals surface area contributed by atoms with Crippen LogP contribution in [-0.2, 0) is 19.3 Å². The van der Waals surface area contributed by atoms with Crippen molar-refractivity contribution in [2.75, 3.05) is 11.0 Å². The van der Waals surface area contributed by atoms with E-state index >= 15 is 0 Å². The van der Waals surface area contributed by atoms with E-state index in [-0.39, 0.29) is 10.8 Å². The van der Waals surface area contributed by atoms with E-state index in [0.29, 0.717) is 5.46 Å². The van der Waals surface area contributed by atoms with Gasteiger partial charge in [0, 0.05) is 11.7 Å². The van der Waals surface area contributed by atoms with Crippen molar-refractivity contribution in [2.24, 2.45) is 0 Å². The summed E-state index contributed by atoms with van der Waals surface area (Å²) >= 11 is 5.90. The van der Waals surface area contributed by atoms with E-state index in [9.17, 15) is 8.42 Å². The molecule has 1 aromatic heterocycles. The number of anilines is 1. The molecule has 0 aliphatic carbocycles. The number of sulfonamides is 1. The Balaban J connectivity index is 2.33. The highest BCUT2D eigenvalue weighted by Gasteiger charge is 2.51. The Labute approximate surface area is 130 Å². The summed E-state index contributed by atoms with van der Waals surface area (Å²) in [6.45, 7) is 7.75. The van der Waals surface area contributed by atoms with Gasteiger partial charge in [0.1, 0.15) is 0 Å². The van der Waals surface area contributed by atoms with Crippen LogP contribution in [0.2, 0.25) is 5.15 Å². The van der Waals surface area contributed by atoms with Crippen LogP contribution < -0.4 is 10.2 Å². The molecule has 0 radical (unpaired) electrons. The SMILES string of the molecule is CC1(C)OB(c2cnc(Cl)c(NS(C)(=O)=O)c2)OC1(C)C. The molecule has 0 aromatic carbocycles. The maximum atomic E-state index is 11.3. The molecule has 0 atom stereocenters. The summed E-state index contributed by atoms with van der Waals surface area (Å²) in [4.78, 5) is 3.98. The first kappa shape index (κ1) is 16.5. The Kier molecular flexibility index (Phi) is 4.03. The first-order valence-electron chi connectivity index (χ1n) is 6.40. The van der Waals surface area contributed by atoms with Crippen LogP contribution in [0.3, 0.4) is 0 Å². The summed E-state index contributed by atoms with van der Waals surface area (Å²) in [5, 5.41) is 0.0701. The highest BCUT2D eigenvalue weighted by molar-refractivity contribution is 7.92. The number of nitrogens with one attached hydrogen (secondary N) is 1. The molecule has 2 heterocycles. The van der Waals surface area contributed by atoms with Crippen molar-refractivity contribution in [3.05, 3.63) is 17.4 Å². The molecule has 1 fully saturated rings. The normalized spacial score (nSPS) is 20.6. The summed E-state index contributed by atoms with van der Waals surface area (Å²) in [6, 6.07) is 1.57. The fourth-order valence-electron chi connectivity index (χ4n) is 1.84. The van der Waals surface area contributed by atoms with Crippen molar-refractivity contribution < 1.29 is 17.7 Å². The third-order valence-corrected chi connectivity index (χ3v) is 4.57. The number of hydrogen-bond acceptors (Lipinski definition) is 5. The lowest BCUT2D eigenvalue weighted by molar-refractivity contribution is 0.00578. The molecule has 1 aliphatic heterocycles. The van der Waals surface area contributed by atoms with Crippen molar-refractivity contribution >= 4 is 39.9 Å². The van der Waals surface area contributed by atoms with Gasteiger partial charge in [0.05, 0.1) is 23.1 Å². The summed E-state index contributed by atoms with van der Waals surface area (Å²) in [7, 11) is -4.07. The average molecular weight is 333 g/mol. The largest absolute Gasteiger partial charge is 0.496 e. The number of aromatic nitrogens is 1. The molecular formula is C12H18BClN2O4S. The van der Waals surface area contributed by atoms with Crippen molar-refractivity contribution in [1.29, 1.82) is 0 Å². The topological polar surface area (TPSA) is 77.5 Å². The van der Waals surface area contributed by atoms with E-state index in [1.807, 2.05) is 27.7 Å². The number of nitrogens with zero attached hydrogens (tertiary/aromatic N) is 1. The van der Waals surface area contributed by atoms with E-state index in [2.05, 4.69) is 9.71 Å². The highest BCUT2D eigenvalue weighted by Crippen LogP contribution is 2.36. The van der Waals surface area contributed by atoms with E-state index in [0.717, 1.165) is 6.26 Å². The summed E-state index contributed by atoms with van der Waals surface area (Å²) in [6.07, 6.45) is 2.56. The van der Waals surface area contributed by atoms with Crippen molar-refractivity contribution in [2.45, 2.75) is 38.9 Å². The third-order valence-electron chi connectivity index (χ3n) is 3.68. The summed E-state index contributed by atoms with van der Waals surface area (Å²) in [5.74, 6) is 0. The smallest absolute Gasteiger partial charge is 0.399 e. The molecule has 6 nitrogen and oxygen atoms in total. The van der Waals surface area contributed by atoms with Crippen LogP contribution >= 0.6 is 11.6 Å². The minimum Gasteiger partial charge on any atom is -0.399 e. The predicted octanol–water partition coefficient (Wildman–Crippen LogP) is 1.41. The van der Waals surface area contributed by atoms with Gasteiger partial charge in [-0.1, -0.05) is 11.6 Å². The quantitative estimate of drug-likeness (QED) is 0.669. The van der Waals surface area contributed by atoms with Gasteiger partial charge < -0.3 is 9.31 Å². The van der Waals surface area contributed by atoms with Crippen LogP contribution in [0, 0.1) is 0 Å². The van der Waals surface area contributed by atoms with E-state index < -0.39 is 28.3 Å². The first-order chi connectivity index (χ1) is 9.41. The minimum absolute atomic E-state index is 0.0701. The Morgan fingerprint density at radius 1 is 1.24 bits per heavy atom. The van der Waals surface area contributed by atoms with E-state index in [1.165, 1.54) is 6.20 Å². The standard InChI is InChI=1S/C12H18BClN2O4S/c1-11(2)12(3,4)20-13(19-11)8-6-9(10(14)15-7-8)16-21(5,17)18/h6-7,16H,1-5H3. The Bertz CT molecular complexity index is 647. The van der Waals surface area contributed by atoms with Gasteiger partial charge >= 0.3 is 7.12 Å². The molecule has 0 saturated carbocycles. The zero-order valence-corrected chi connectivity index (χ0v) is 14.2. The van der Waals surface area contributed by atoms with Crippen molar-refractivity contribution in [3.63, 3.8) is 0 Å². The molecule has 21 heavy (non-hydrogen) atoms. The van der Waals surface area contributed by atoms with Crippen LogP contribution in [0.5, 0.6) is 0 Å². The Morgan fingerprint density at radius 2 is 1.76 bits per heavy atom. The molecule has 116 valence electrons. The molecule has 1 aliphatic rings. The van der Waals surface area contributed by atoms with Gasteiger partial charge in [-0.2, -0.15) is 0 Å². The Hall–Kier alpha value is -0.825. The fourth-order valence-corrected chi connectivity index (χ4v) is 2.61. The molecule has 9 heteroatoms. The molecular weight excluding hydrogens is 314 g/mol. The van der Waals surface area contributed by atoms with Gasteiger partial charge in [-0.25, -0.2) is 13.4 Å². The van der Waals surface area contributed by atoms with Crippen LogP contribution in [0.4, 0.5) is 5.69 Å². The van der Waals surface area contributed by atoms with Gasteiger partial charge in [-0.15, -0.1) is 0 Å². The first-order valence-corrected chi connectivity index (χ1v) is 8.67. The Morgan fingerprint density at radius 3 is 2.24 bits per heavy atom. The molecule has 0 bridgehead atoms. The lowest BCUT2D eigenvalue weighted by atomic mass is 9.80. The highest BCUT2D eigenvalue weighted by atomic mass is 35.5. The van der Waals surface area contributed by atoms with Crippen LogP contribution in [0.1, 0.15) is 27.7 Å². The molecule has 1 saturated heterocycles. The lowest BCUT2D eigenvalue weighted by Gasteiger charge is -2.32. The van der Waals surface area contributed by atoms with Crippen molar-refractivity contribution in [1.82, 2.24) is 4.98 Å². The van der Waals surface area contributed by atoms with Gasteiger partial charge in [-0.05, 0) is 33.8 Å². The van der Waals surface area contributed by atoms with E-state index in [1.54, 1.807) is 6.07 Å². The second-order valence-corrected chi connectivity index (χ2v) is 8.18. The second kappa shape index (κ2) is 5.12. The predicted molar refractivity (Wildman–Crippen MR) is 83.4 cm³/mol. The number of hydrogen-bond donors (Lipinski definition) is 1. The maximum absolute atomic E-state index is 11.3. The molecule has 0 unspecified atom stereocenters. The zero-order valence-electron chi connectivity index (χ0n) is 12.6. The molecule has 0 amide bonds. The van der Waals surface area contributed by atoms with Gasteiger partial charge in [-0.3, -0.25) is 4.72 Å².